The number of benzene rings is 2. The van der Waals surface area contributed by atoms with Crippen molar-refractivity contribution in [1.29, 1.82) is 0 Å². The lowest BCUT2D eigenvalue weighted by molar-refractivity contribution is -0.119. The van der Waals surface area contributed by atoms with Crippen molar-refractivity contribution in [3.8, 4) is 5.75 Å². The lowest BCUT2D eigenvalue weighted by Gasteiger charge is -2.36. The van der Waals surface area contributed by atoms with Crippen molar-refractivity contribution in [3.05, 3.63) is 83.6 Å². The molecule has 4 N–H and O–H groups in total. The number of nitrogens with one attached hydrogen (secondary N) is 1. The molecule has 3 rings (SSSR count). The van der Waals surface area contributed by atoms with Gasteiger partial charge in [-0.25, -0.2) is 5.84 Å². The van der Waals surface area contributed by atoms with Crippen LogP contribution in [0, 0.1) is 0 Å². The average Bonchev–Trinajstić information content (AvgIpc) is 2.79. The van der Waals surface area contributed by atoms with Gasteiger partial charge in [0.2, 0.25) is 0 Å². The van der Waals surface area contributed by atoms with Crippen molar-refractivity contribution in [2.24, 2.45) is 5.84 Å². The van der Waals surface area contributed by atoms with Crippen LogP contribution in [0.25, 0.3) is 6.08 Å². The Kier molecular flexibility index (Phi) is 6.87. The molecule has 2 aromatic rings. The number of carbonyl (C=O) groups excluding carboxylic acids is 2. The number of phenols is 1. The highest BCUT2D eigenvalue weighted by molar-refractivity contribution is 5.97. The molecule has 2 amide bonds. The first kappa shape index (κ1) is 21.1. The van der Waals surface area contributed by atoms with Gasteiger partial charge in [0, 0.05) is 37.3 Å². The number of piperazine rings is 1. The maximum atomic E-state index is 12.7. The van der Waals surface area contributed by atoms with Crippen molar-refractivity contribution in [1.82, 2.24) is 15.2 Å². The number of rotatable bonds is 6. The molecular formula is C23H26N4O3. The molecule has 30 heavy (non-hydrogen) atoms. The Balaban J connectivity index is 1.79. The summed E-state index contributed by atoms with van der Waals surface area (Å²) in [6, 6.07) is 14.5. The fourth-order valence-electron chi connectivity index (χ4n) is 3.48. The molecule has 156 valence electrons. The summed E-state index contributed by atoms with van der Waals surface area (Å²) >= 11 is 0. The Hall–Kier alpha value is -3.58. The number of phenolic OH excluding ortho intramolecular Hbond substituents is 1. The van der Waals surface area contributed by atoms with Gasteiger partial charge in [0.15, 0.2) is 0 Å². The molecule has 1 saturated heterocycles. The van der Waals surface area contributed by atoms with Crippen LogP contribution >= 0.6 is 0 Å². The highest BCUT2D eigenvalue weighted by Crippen LogP contribution is 2.26. The van der Waals surface area contributed by atoms with Crippen LogP contribution in [0.5, 0.6) is 5.75 Å². The van der Waals surface area contributed by atoms with Gasteiger partial charge in [0.1, 0.15) is 11.4 Å². The van der Waals surface area contributed by atoms with Crippen LogP contribution in [0.15, 0.2) is 66.9 Å². The Labute approximate surface area is 176 Å². The Morgan fingerprint density at radius 1 is 1.03 bits per heavy atom. The highest BCUT2D eigenvalue weighted by Gasteiger charge is 2.26. The van der Waals surface area contributed by atoms with Gasteiger partial charge in [-0.1, -0.05) is 42.5 Å². The SMILES string of the molecule is C=CCc1cccc(/C=C(\C(=O)NN)N2CCN(C(=O)c3ccccc3)CC2)c1O. The van der Waals surface area contributed by atoms with Gasteiger partial charge in [0.25, 0.3) is 11.8 Å². The van der Waals surface area contributed by atoms with Crippen molar-refractivity contribution in [2.75, 3.05) is 26.2 Å². The molecule has 0 bridgehead atoms. The van der Waals surface area contributed by atoms with Crippen molar-refractivity contribution < 1.29 is 14.7 Å². The summed E-state index contributed by atoms with van der Waals surface area (Å²) in [7, 11) is 0. The molecule has 7 nitrogen and oxygen atoms in total. The standard InChI is InChI=1S/C23H26N4O3/c1-2-7-17-10-6-11-19(21(17)28)16-20(22(29)25-24)26-12-14-27(15-13-26)23(30)18-8-4-3-5-9-18/h2-6,8-11,16,28H,1,7,12-15,24H2,(H,25,29)/b20-16+. The third-order valence-corrected chi connectivity index (χ3v) is 5.10. The van der Waals surface area contributed by atoms with Crippen LogP contribution in [-0.4, -0.2) is 52.9 Å². The second-order valence-corrected chi connectivity index (χ2v) is 7.00. The summed E-state index contributed by atoms with van der Waals surface area (Å²) in [4.78, 5) is 28.7. The molecule has 2 aromatic carbocycles. The molecule has 1 aliphatic heterocycles. The second kappa shape index (κ2) is 9.76. The van der Waals surface area contributed by atoms with Crippen LogP contribution < -0.4 is 11.3 Å². The zero-order valence-electron chi connectivity index (χ0n) is 16.8. The number of hydrogen-bond acceptors (Lipinski definition) is 5. The van der Waals surface area contributed by atoms with Gasteiger partial charge in [-0.05, 0) is 30.2 Å². The van der Waals surface area contributed by atoms with E-state index in [1.54, 1.807) is 35.3 Å². The molecule has 0 saturated carbocycles. The Morgan fingerprint density at radius 2 is 1.70 bits per heavy atom. The van der Waals surface area contributed by atoms with Gasteiger partial charge in [-0.2, -0.15) is 0 Å². The number of hydrazine groups is 1. The topological polar surface area (TPSA) is 98.9 Å². The van der Waals surface area contributed by atoms with Crippen molar-refractivity contribution in [3.63, 3.8) is 0 Å². The number of para-hydroxylation sites is 1. The van der Waals surface area contributed by atoms with E-state index >= 15 is 0 Å². The third-order valence-electron chi connectivity index (χ3n) is 5.10. The van der Waals surface area contributed by atoms with E-state index in [9.17, 15) is 14.7 Å². The Bertz CT molecular complexity index is 948. The Morgan fingerprint density at radius 3 is 2.33 bits per heavy atom. The predicted molar refractivity (Wildman–Crippen MR) is 116 cm³/mol. The fraction of sp³-hybridized carbons (Fsp3) is 0.217. The summed E-state index contributed by atoms with van der Waals surface area (Å²) in [5.74, 6) is 5.02. The van der Waals surface area contributed by atoms with E-state index in [1.165, 1.54) is 0 Å². The van der Waals surface area contributed by atoms with E-state index in [0.29, 0.717) is 49.4 Å². The summed E-state index contributed by atoms with van der Waals surface area (Å²) < 4.78 is 0. The van der Waals surface area contributed by atoms with Crippen LogP contribution in [0.2, 0.25) is 0 Å². The van der Waals surface area contributed by atoms with Crippen molar-refractivity contribution in [2.45, 2.75) is 6.42 Å². The first-order valence-electron chi connectivity index (χ1n) is 9.78. The molecule has 0 aliphatic carbocycles. The molecule has 1 heterocycles. The summed E-state index contributed by atoms with van der Waals surface area (Å²) in [6.07, 6.45) is 3.85. The number of allylic oxidation sites excluding steroid dienone is 1. The first-order valence-corrected chi connectivity index (χ1v) is 9.78. The number of aromatic hydroxyl groups is 1. The van der Waals surface area contributed by atoms with Gasteiger partial charge in [-0.3, -0.25) is 15.0 Å². The summed E-state index contributed by atoms with van der Waals surface area (Å²) in [5, 5.41) is 10.5. The van der Waals surface area contributed by atoms with E-state index in [2.05, 4.69) is 12.0 Å². The minimum atomic E-state index is -0.452. The molecule has 0 atom stereocenters. The zero-order valence-corrected chi connectivity index (χ0v) is 16.8. The predicted octanol–water partition coefficient (Wildman–Crippen LogP) is 1.91. The van der Waals surface area contributed by atoms with Crippen molar-refractivity contribution >= 4 is 17.9 Å². The smallest absolute Gasteiger partial charge is 0.281 e. The lowest BCUT2D eigenvalue weighted by Crippen LogP contribution is -2.50. The highest BCUT2D eigenvalue weighted by atomic mass is 16.3. The van der Waals surface area contributed by atoms with Crippen LogP contribution in [-0.2, 0) is 11.2 Å². The van der Waals surface area contributed by atoms with Crippen LogP contribution in [0.3, 0.4) is 0 Å². The molecule has 1 aliphatic rings. The lowest BCUT2D eigenvalue weighted by atomic mass is 10.0. The average molecular weight is 406 g/mol. The maximum absolute atomic E-state index is 12.7. The van der Waals surface area contributed by atoms with Crippen LogP contribution in [0.1, 0.15) is 21.5 Å². The van der Waals surface area contributed by atoms with Gasteiger partial charge < -0.3 is 14.9 Å². The zero-order chi connectivity index (χ0) is 21.5. The largest absolute Gasteiger partial charge is 0.507 e. The van der Waals surface area contributed by atoms with E-state index < -0.39 is 5.91 Å². The quantitative estimate of drug-likeness (QED) is 0.224. The number of amides is 2. The van der Waals surface area contributed by atoms with Gasteiger partial charge in [0.05, 0.1) is 0 Å². The monoisotopic (exact) mass is 406 g/mol. The molecule has 0 unspecified atom stereocenters. The van der Waals surface area contributed by atoms with E-state index in [0.717, 1.165) is 5.56 Å². The molecule has 0 radical (unpaired) electrons. The van der Waals surface area contributed by atoms with E-state index in [4.69, 9.17) is 5.84 Å². The molecule has 0 spiro atoms. The van der Waals surface area contributed by atoms with Crippen LogP contribution in [0.4, 0.5) is 0 Å². The first-order chi connectivity index (χ1) is 14.5. The fourth-order valence-corrected chi connectivity index (χ4v) is 3.48. The molecular weight excluding hydrogens is 380 g/mol. The summed E-state index contributed by atoms with van der Waals surface area (Å²) in [6.45, 7) is 5.61. The number of hydrogen-bond donors (Lipinski definition) is 3. The minimum Gasteiger partial charge on any atom is -0.507 e. The normalized spacial score (nSPS) is 14.4. The number of carbonyl (C=O) groups is 2. The van der Waals surface area contributed by atoms with Gasteiger partial charge >= 0.3 is 0 Å². The molecule has 7 heteroatoms. The van der Waals surface area contributed by atoms with E-state index in [-0.39, 0.29) is 11.7 Å². The number of nitrogens with zero attached hydrogens (tertiary/aromatic N) is 2. The number of nitrogens with two attached hydrogens (primary N) is 1. The maximum Gasteiger partial charge on any atom is 0.281 e. The van der Waals surface area contributed by atoms with E-state index in [1.807, 2.05) is 35.2 Å². The van der Waals surface area contributed by atoms with Gasteiger partial charge in [-0.15, -0.1) is 6.58 Å². The third kappa shape index (κ3) is 4.69. The minimum absolute atomic E-state index is 0.0289. The summed E-state index contributed by atoms with van der Waals surface area (Å²) in [5.41, 5.74) is 4.41. The molecule has 0 aromatic heterocycles. The molecule has 1 fully saturated rings. The second-order valence-electron chi connectivity index (χ2n) is 7.00.